The Morgan fingerprint density at radius 2 is 2.38 bits per heavy atom. The maximum atomic E-state index is 11.2. The van der Waals surface area contributed by atoms with E-state index in [1.54, 1.807) is 0 Å². The standard InChI is InChI=1S/C10H14N4O2/c15-10(16)14-4-2-7-9-6(12-13-7)1-3-11-5-8(9)14/h8,11H,1-5H2,(H,12,13)(H,15,16). The van der Waals surface area contributed by atoms with Crippen LogP contribution in [0, 0.1) is 0 Å². The maximum Gasteiger partial charge on any atom is 0.407 e. The van der Waals surface area contributed by atoms with Gasteiger partial charge in [0, 0.05) is 43.7 Å². The first kappa shape index (κ1) is 9.65. The van der Waals surface area contributed by atoms with Crippen molar-refractivity contribution in [3.05, 3.63) is 17.0 Å². The van der Waals surface area contributed by atoms with Gasteiger partial charge in [-0.3, -0.25) is 10.00 Å². The average Bonchev–Trinajstić information content (AvgIpc) is 2.54. The zero-order chi connectivity index (χ0) is 11.1. The van der Waals surface area contributed by atoms with Crippen LogP contribution in [0.5, 0.6) is 0 Å². The molecule has 0 bridgehead atoms. The quantitative estimate of drug-likeness (QED) is 0.583. The summed E-state index contributed by atoms with van der Waals surface area (Å²) >= 11 is 0. The molecule has 0 spiro atoms. The number of aromatic amines is 1. The molecular weight excluding hydrogens is 208 g/mol. The van der Waals surface area contributed by atoms with Crippen molar-refractivity contribution in [1.29, 1.82) is 0 Å². The average molecular weight is 222 g/mol. The van der Waals surface area contributed by atoms with E-state index >= 15 is 0 Å². The second-order valence-electron chi connectivity index (χ2n) is 4.26. The molecule has 0 radical (unpaired) electrons. The van der Waals surface area contributed by atoms with Crippen molar-refractivity contribution in [2.24, 2.45) is 0 Å². The fourth-order valence-corrected chi connectivity index (χ4v) is 2.63. The topological polar surface area (TPSA) is 81.2 Å². The van der Waals surface area contributed by atoms with Gasteiger partial charge in [0.25, 0.3) is 0 Å². The molecular formula is C10H14N4O2. The van der Waals surface area contributed by atoms with E-state index in [1.165, 1.54) is 4.90 Å². The summed E-state index contributed by atoms with van der Waals surface area (Å²) < 4.78 is 0. The largest absolute Gasteiger partial charge is 0.465 e. The van der Waals surface area contributed by atoms with Crippen LogP contribution in [-0.2, 0) is 12.8 Å². The van der Waals surface area contributed by atoms with E-state index < -0.39 is 6.09 Å². The minimum Gasteiger partial charge on any atom is -0.465 e. The predicted molar refractivity (Wildman–Crippen MR) is 56.3 cm³/mol. The minimum absolute atomic E-state index is 0.0718. The monoisotopic (exact) mass is 222 g/mol. The smallest absolute Gasteiger partial charge is 0.407 e. The van der Waals surface area contributed by atoms with Crippen molar-refractivity contribution >= 4 is 6.09 Å². The SMILES string of the molecule is O=C(O)N1CCc2[nH]nc3c2C1CNCC3. The molecule has 6 heteroatoms. The number of hydrogen-bond donors (Lipinski definition) is 3. The lowest BCUT2D eigenvalue weighted by molar-refractivity contribution is 0.119. The van der Waals surface area contributed by atoms with Crippen molar-refractivity contribution < 1.29 is 9.90 Å². The predicted octanol–water partition coefficient (Wildman–Crippen LogP) is 0.133. The molecule has 0 saturated carbocycles. The molecule has 3 N–H and O–H groups in total. The van der Waals surface area contributed by atoms with Crippen LogP contribution >= 0.6 is 0 Å². The molecule has 0 aromatic carbocycles. The first-order chi connectivity index (χ1) is 7.77. The van der Waals surface area contributed by atoms with Crippen molar-refractivity contribution in [1.82, 2.24) is 20.4 Å². The summed E-state index contributed by atoms with van der Waals surface area (Å²) in [6.45, 7) is 2.10. The fraction of sp³-hybridized carbons (Fsp3) is 0.600. The van der Waals surface area contributed by atoms with Gasteiger partial charge in [-0.2, -0.15) is 5.10 Å². The summed E-state index contributed by atoms with van der Waals surface area (Å²) in [7, 11) is 0. The number of amides is 1. The molecule has 0 fully saturated rings. The van der Waals surface area contributed by atoms with Crippen molar-refractivity contribution in [3.8, 4) is 0 Å². The lowest BCUT2D eigenvalue weighted by Crippen LogP contribution is -2.42. The van der Waals surface area contributed by atoms with Crippen molar-refractivity contribution in [2.45, 2.75) is 18.9 Å². The second-order valence-corrected chi connectivity index (χ2v) is 4.26. The summed E-state index contributed by atoms with van der Waals surface area (Å²) in [5.74, 6) is 0. The molecule has 86 valence electrons. The van der Waals surface area contributed by atoms with Crippen LogP contribution in [0.2, 0.25) is 0 Å². The van der Waals surface area contributed by atoms with E-state index in [1.807, 2.05) is 0 Å². The molecule has 16 heavy (non-hydrogen) atoms. The Morgan fingerprint density at radius 3 is 3.19 bits per heavy atom. The Morgan fingerprint density at radius 1 is 1.50 bits per heavy atom. The van der Waals surface area contributed by atoms with Crippen LogP contribution in [0.3, 0.4) is 0 Å². The Labute approximate surface area is 92.6 Å². The van der Waals surface area contributed by atoms with E-state index in [9.17, 15) is 9.90 Å². The Kier molecular flexibility index (Phi) is 2.10. The summed E-state index contributed by atoms with van der Waals surface area (Å²) in [6.07, 6.45) is 0.771. The van der Waals surface area contributed by atoms with Crippen LogP contribution in [0.25, 0.3) is 0 Å². The zero-order valence-corrected chi connectivity index (χ0v) is 8.86. The second kappa shape index (κ2) is 3.48. The van der Waals surface area contributed by atoms with Gasteiger partial charge in [0.05, 0.1) is 11.7 Å². The summed E-state index contributed by atoms with van der Waals surface area (Å²) in [4.78, 5) is 12.7. The third kappa shape index (κ3) is 1.30. The van der Waals surface area contributed by atoms with Gasteiger partial charge in [-0.05, 0) is 0 Å². The summed E-state index contributed by atoms with van der Waals surface area (Å²) in [6, 6.07) is -0.0718. The van der Waals surface area contributed by atoms with E-state index in [4.69, 9.17) is 0 Å². The van der Waals surface area contributed by atoms with Gasteiger partial charge in [0.15, 0.2) is 0 Å². The highest BCUT2D eigenvalue weighted by atomic mass is 16.4. The minimum atomic E-state index is -0.841. The lowest BCUT2D eigenvalue weighted by atomic mass is 9.96. The number of nitrogens with zero attached hydrogens (tertiary/aromatic N) is 2. The molecule has 1 atom stereocenters. The van der Waals surface area contributed by atoms with Crippen LogP contribution in [0.15, 0.2) is 0 Å². The van der Waals surface area contributed by atoms with Crippen molar-refractivity contribution in [3.63, 3.8) is 0 Å². The molecule has 0 saturated heterocycles. The third-order valence-corrected chi connectivity index (χ3v) is 3.40. The van der Waals surface area contributed by atoms with E-state index in [0.717, 1.165) is 36.3 Å². The molecule has 2 aliphatic heterocycles. The van der Waals surface area contributed by atoms with Gasteiger partial charge in [-0.25, -0.2) is 4.79 Å². The molecule has 1 amide bonds. The van der Waals surface area contributed by atoms with Crippen molar-refractivity contribution in [2.75, 3.05) is 19.6 Å². The van der Waals surface area contributed by atoms with E-state index in [0.29, 0.717) is 13.1 Å². The van der Waals surface area contributed by atoms with E-state index in [-0.39, 0.29) is 6.04 Å². The zero-order valence-electron chi connectivity index (χ0n) is 8.86. The summed E-state index contributed by atoms with van der Waals surface area (Å²) in [5, 5.41) is 19.8. The molecule has 3 heterocycles. The van der Waals surface area contributed by atoms with Crippen LogP contribution < -0.4 is 5.32 Å². The molecule has 3 rings (SSSR count). The molecule has 6 nitrogen and oxygen atoms in total. The van der Waals surface area contributed by atoms with Gasteiger partial charge < -0.3 is 10.4 Å². The molecule has 1 aromatic rings. The molecule has 2 aliphatic rings. The van der Waals surface area contributed by atoms with Crippen LogP contribution in [-0.4, -0.2) is 45.9 Å². The Balaban J connectivity index is 2.06. The number of rotatable bonds is 0. The third-order valence-electron chi connectivity index (χ3n) is 3.40. The van der Waals surface area contributed by atoms with Crippen LogP contribution in [0.1, 0.15) is 23.0 Å². The Hall–Kier alpha value is -1.56. The lowest BCUT2D eigenvalue weighted by Gasteiger charge is -2.33. The molecule has 0 aliphatic carbocycles. The number of carbonyl (C=O) groups is 1. The normalized spacial score (nSPS) is 23.8. The van der Waals surface area contributed by atoms with Gasteiger partial charge in [-0.1, -0.05) is 0 Å². The summed E-state index contributed by atoms with van der Waals surface area (Å²) in [5.41, 5.74) is 3.25. The highest BCUT2D eigenvalue weighted by Gasteiger charge is 2.35. The van der Waals surface area contributed by atoms with E-state index in [2.05, 4.69) is 15.5 Å². The number of carboxylic acid groups (broad SMARTS) is 1. The van der Waals surface area contributed by atoms with Gasteiger partial charge in [0.2, 0.25) is 0 Å². The van der Waals surface area contributed by atoms with Crippen LogP contribution in [0.4, 0.5) is 4.79 Å². The van der Waals surface area contributed by atoms with Gasteiger partial charge in [0.1, 0.15) is 0 Å². The molecule has 1 unspecified atom stereocenters. The highest BCUT2D eigenvalue weighted by molar-refractivity contribution is 5.66. The van der Waals surface area contributed by atoms with Gasteiger partial charge in [-0.15, -0.1) is 0 Å². The maximum absolute atomic E-state index is 11.2. The number of aromatic nitrogens is 2. The number of nitrogens with one attached hydrogen (secondary N) is 2. The highest BCUT2D eigenvalue weighted by Crippen LogP contribution is 2.32. The first-order valence-electron chi connectivity index (χ1n) is 5.53. The van der Waals surface area contributed by atoms with Gasteiger partial charge >= 0.3 is 6.09 Å². The Bertz CT molecular complexity index is 428. The first-order valence-corrected chi connectivity index (χ1v) is 5.53. The fourth-order valence-electron chi connectivity index (χ4n) is 2.63. The number of H-pyrrole nitrogens is 1. The number of hydrogen-bond acceptors (Lipinski definition) is 3. The molecule has 1 aromatic heterocycles.